The number of aromatic hydroxyl groups is 1. The average molecular weight is 265 g/mol. The monoisotopic (exact) mass is 265 g/mol. The Bertz CT molecular complexity index is 486. The molecule has 0 saturated carbocycles. The van der Waals surface area contributed by atoms with Crippen LogP contribution >= 0.6 is 0 Å². The molecule has 0 saturated heterocycles. The average Bonchev–Trinajstić information content (AvgIpc) is 2.41. The topological polar surface area (TPSA) is 99.1 Å². The minimum Gasteiger partial charge on any atom is -0.508 e. The van der Waals surface area contributed by atoms with Crippen LogP contribution in [0, 0.1) is 6.92 Å². The van der Waals surface area contributed by atoms with E-state index in [1.165, 1.54) is 6.07 Å². The van der Waals surface area contributed by atoms with Gasteiger partial charge in [0, 0.05) is 25.1 Å². The van der Waals surface area contributed by atoms with Crippen molar-refractivity contribution in [3.63, 3.8) is 0 Å². The lowest BCUT2D eigenvalue weighted by Crippen LogP contribution is -2.34. The van der Waals surface area contributed by atoms with Gasteiger partial charge in [0.25, 0.3) is 5.91 Å². The molecule has 104 valence electrons. The molecule has 6 heteroatoms. The van der Waals surface area contributed by atoms with Gasteiger partial charge in [0.1, 0.15) is 11.6 Å². The Labute approximate surface area is 112 Å². The molecule has 0 heterocycles. The molecular weight excluding hydrogens is 246 g/mol. The lowest BCUT2D eigenvalue weighted by molar-refractivity contribution is 0.0768. The zero-order chi connectivity index (χ0) is 14.4. The van der Waals surface area contributed by atoms with Crippen molar-refractivity contribution in [3.05, 3.63) is 29.3 Å². The second-order valence-corrected chi connectivity index (χ2v) is 4.23. The molecule has 1 aromatic rings. The number of nitrogens with two attached hydrogens (primary N) is 1. The van der Waals surface area contributed by atoms with E-state index in [0.717, 1.165) is 0 Å². The zero-order valence-electron chi connectivity index (χ0n) is 11.1. The van der Waals surface area contributed by atoms with Crippen molar-refractivity contribution in [2.24, 2.45) is 10.9 Å². The minimum atomic E-state index is -0.142. The summed E-state index contributed by atoms with van der Waals surface area (Å²) in [7, 11) is 0. The van der Waals surface area contributed by atoms with Crippen molar-refractivity contribution >= 4 is 11.7 Å². The highest BCUT2D eigenvalue weighted by molar-refractivity contribution is 5.95. The first-order valence-corrected chi connectivity index (χ1v) is 6.04. The third kappa shape index (κ3) is 3.87. The van der Waals surface area contributed by atoms with E-state index < -0.39 is 0 Å². The summed E-state index contributed by atoms with van der Waals surface area (Å²) in [6.07, 6.45) is 0.313. The highest BCUT2D eigenvalue weighted by Gasteiger charge is 2.15. The van der Waals surface area contributed by atoms with Gasteiger partial charge in [-0.2, -0.15) is 0 Å². The molecule has 0 unspecified atom stereocenters. The Hall–Kier alpha value is -2.24. The molecule has 0 bridgehead atoms. The first-order valence-electron chi connectivity index (χ1n) is 6.04. The molecule has 0 atom stereocenters. The molecule has 0 aromatic heterocycles. The van der Waals surface area contributed by atoms with E-state index in [4.69, 9.17) is 10.9 Å². The number of hydrogen-bond acceptors (Lipinski definition) is 4. The van der Waals surface area contributed by atoms with Crippen LogP contribution in [0.4, 0.5) is 0 Å². The number of nitrogens with zero attached hydrogens (tertiary/aromatic N) is 2. The molecule has 0 aliphatic carbocycles. The highest BCUT2D eigenvalue weighted by atomic mass is 16.4. The summed E-state index contributed by atoms with van der Waals surface area (Å²) in [6, 6.07) is 4.72. The number of rotatable bonds is 5. The van der Waals surface area contributed by atoms with Crippen LogP contribution in [0.3, 0.4) is 0 Å². The molecule has 6 nitrogen and oxygen atoms in total. The zero-order valence-corrected chi connectivity index (χ0v) is 11.1. The van der Waals surface area contributed by atoms with Crippen molar-refractivity contribution in [1.29, 1.82) is 0 Å². The van der Waals surface area contributed by atoms with Crippen molar-refractivity contribution in [2.45, 2.75) is 20.3 Å². The quantitative estimate of drug-likeness (QED) is 0.323. The number of phenols is 1. The van der Waals surface area contributed by atoms with Crippen molar-refractivity contribution in [2.75, 3.05) is 13.1 Å². The van der Waals surface area contributed by atoms with Crippen LogP contribution in [-0.2, 0) is 0 Å². The predicted octanol–water partition coefficient (Wildman–Crippen LogP) is 1.30. The summed E-state index contributed by atoms with van der Waals surface area (Å²) in [4.78, 5) is 13.8. The fraction of sp³-hybridized carbons (Fsp3) is 0.385. The Morgan fingerprint density at radius 3 is 2.68 bits per heavy atom. The van der Waals surface area contributed by atoms with E-state index in [0.29, 0.717) is 30.6 Å². The SMILES string of the molecule is CCN(CC/C(N)=N/O)C(=O)c1ccc(O)c(C)c1. The number of oxime groups is 1. The van der Waals surface area contributed by atoms with E-state index in [2.05, 4.69) is 5.16 Å². The lowest BCUT2D eigenvalue weighted by Gasteiger charge is -2.20. The van der Waals surface area contributed by atoms with Crippen LogP contribution < -0.4 is 5.73 Å². The van der Waals surface area contributed by atoms with Crippen LogP contribution in [0.1, 0.15) is 29.3 Å². The van der Waals surface area contributed by atoms with Crippen molar-refractivity contribution in [3.8, 4) is 5.75 Å². The summed E-state index contributed by atoms with van der Waals surface area (Å²) in [5, 5.41) is 20.8. The van der Waals surface area contributed by atoms with Crippen LogP contribution in [0.25, 0.3) is 0 Å². The van der Waals surface area contributed by atoms with Crippen LogP contribution in [0.15, 0.2) is 23.4 Å². The van der Waals surface area contributed by atoms with Crippen LogP contribution in [0.2, 0.25) is 0 Å². The van der Waals surface area contributed by atoms with Gasteiger partial charge in [0.2, 0.25) is 0 Å². The summed E-state index contributed by atoms with van der Waals surface area (Å²) in [5.41, 5.74) is 6.55. The Morgan fingerprint density at radius 1 is 1.47 bits per heavy atom. The molecular formula is C13H19N3O3. The van der Waals surface area contributed by atoms with Gasteiger partial charge in [-0.1, -0.05) is 5.16 Å². The molecule has 0 aliphatic rings. The first kappa shape index (κ1) is 14.8. The summed E-state index contributed by atoms with van der Waals surface area (Å²) < 4.78 is 0. The second-order valence-electron chi connectivity index (χ2n) is 4.23. The number of amidine groups is 1. The third-order valence-corrected chi connectivity index (χ3v) is 2.88. The van der Waals surface area contributed by atoms with Gasteiger partial charge in [0.05, 0.1) is 0 Å². The molecule has 1 amide bonds. The Balaban J connectivity index is 2.80. The Kier molecular flexibility index (Phi) is 5.17. The van der Waals surface area contributed by atoms with Gasteiger partial charge >= 0.3 is 0 Å². The molecule has 0 spiro atoms. The maximum atomic E-state index is 12.2. The number of benzene rings is 1. The largest absolute Gasteiger partial charge is 0.508 e. The normalized spacial score (nSPS) is 11.4. The fourth-order valence-electron chi connectivity index (χ4n) is 1.67. The lowest BCUT2D eigenvalue weighted by atomic mass is 10.1. The smallest absolute Gasteiger partial charge is 0.253 e. The Morgan fingerprint density at radius 2 is 2.16 bits per heavy atom. The van der Waals surface area contributed by atoms with Gasteiger partial charge in [-0.3, -0.25) is 4.79 Å². The van der Waals surface area contributed by atoms with Crippen LogP contribution in [-0.4, -0.2) is 40.0 Å². The molecule has 0 aliphatic heterocycles. The van der Waals surface area contributed by atoms with Gasteiger partial charge in [-0.25, -0.2) is 0 Å². The minimum absolute atomic E-state index is 0.0909. The maximum Gasteiger partial charge on any atom is 0.253 e. The molecule has 1 rings (SSSR count). The third-order valence-electron chi connectivity index (χ3n) is 2.88. The van der Waals surface area contributed by atoms with E-state index in [1.807, 2.05) is 6.92 Å². The summed E-state index contributed by atoms with van der Waals surface area (Å²) >= 11 is 0. The second kappa shape index (κ2) is 6.63. The number of carbonyl (C=O) groups is 1. The molecule has 0 fully saturated rings. The van der Waals surface area contributed by atoms with Gasteiger partial charge in [0.15, 0.2) is 0 Å². The maximum absolute atomic E-state index is 12.2. The van der Waals surface area contributed by atoms with Crippen molar-refractivity contribution in [1.82, 2.24) is 4.90 Å². The van der Waals surface area contributed by atoms with E-state index in [-0.39, 0.29) is 17.5 Å². The first-order chi connectivity index (χ1) is 8.99. The molecule has 4 N–H and O–H groups in total. The standard InChI is InChI=1S/C13H19N3O3/c1-3-16(7-6-12(14)15-19)13(18)10-4-5-11(17)9(2)8-10/h4-5,8,17,19H,3,6-7H2,1-2H3,(H2,14,15). The van der Waals surface area contributed by atoms with E-state index in [1.54, 1.807) is 24.0 Å². The number of hydrogen-bond donors (Lipinski definition) is 3. The highest BCUT2D eigenvalue weighted by Crippen LogP contribution is 2.18. The summed E-state index contributed by atoms with van der Waals surface area (Å²) in [5.74, 6) is 0.112. The van der Waals surface area contributed by atoms with Gasteiger partial charge < -0.3 is 20.9 Å². The van der Waals surface area contributed by atoms with Crippen molar-refractivity contribution < 1.29 is 15.1 Å². The molecule has 0 radical (unpaired) electrons. The van der Waals surface area contributed by atoms with Crippen LogP contribution in [0.5, 0.6) is 5.75 Å². The van der Waals surface area contributed by atoms with Gasteiger partial charge in [-0.15, -0.1) is 0 Å². The molecule has 19 heavy (non-hydrogen) atoms. The summed E-state index contributed by atoms with van der Waals surface area (Å²) in [6.45, 7) is 4.50. The number of carbonyl (C=O) groups excluding carboxylic acids is 1. The predicted molar refractivity (Wildman–Crippen MR) is 72.4 cm³/mol. The molecule has 1 aromatic carbocycles. The van der Waals surface area contributed by atoms with Gasteiger partial charge in [-0.05, 0) is 37.6 Å². The fourth-order valence-corrected chi connectivity index (χ4v) is 1.67. The van der Waals surface area contributed by atoms with E-state index >= 15 is 0 Å². The van der Waals surface area contributed by atoms with E-state index in [9.17, 15) is 9.90 Å². The number of phenolic OH excluding ortho intramolecular Hbond substituents is 1. The number of aryl methyl sites for hydroxylation is 1. The number of amides is 1.